The minimum atomic E-state index is -0.584. The first-order valence-corrected chi connectivity index (χ1v) is 10.5. The molecule has 29 heavy (non-hydrogen) atoms. The van der Waals surface area contributed by atoms with Crippen molar-refractivity contribution >= 4 is 23.2 Å². The fraction of sp³-hybridized carbons (Fsp3) is 0.261. The maximum absolute atomic E-state index is 12.3. The Morgan fingerprint density at radius 3 is 2.79 bits per heavy atom. The van der Waals surface area contributed by atoms with Crippen molar-refractivity contribution < 1.29 is 14.3 Å². The van der Waals surface area contributed by atoms with Gasteiger partial charge < -0.3 is 10.1 Å². The molecule has 0 bridgehead atoms. The van der Waals surface area contributed by atoms with Crippen molar-refractivity contribution in [2.75, 3.05) is 6.61 Å². The Kier molecular flexibility index (Phi) is 5.71. The van der Waals surface area contributed by atoms with Gasteiger partial charge in [-0.2, -0.15) is 0 Å². The minimum Gasteiger partial charge on any atom is -0.451 e. The first-order chi connectivity index (χ1) is 14.1. The summed E-state index contributed by atoms with van der Waals surface area (Å²) in [6.07, 6.45) is 2.95. The van der Waals surface area contributed by atoms with E-state index >= 15 is 0 Å². The van der Waals surface area contributed by atoms with E-state index in [4.69, 9.17) is 4.74 Å². The summed E-state index contributed by atoms with van der Waals surface area (Å²) in [4.78, 5) is 28.9. The summed E-state index contributed by atoms with van der Waals surface area (Å²) in [6, 6.07) is 16.1. The van der Waals surface area contributed by atoms with Crippen LogP contribution in [0.5, 0.6) is 0 Å². The van der Waals surface area contributed by atoms with Gasteiger partial charge in [0.05, 0.1) is 6.04 Å². The van der Waals surface area contributed by atoms with Crippen LogP contribution in [0.3, 0.4) is 0 Å². The topological polar surface area (TPSA) is 68.3 Å². The van der Waals surface area contributed by atoms with Gasteiger partial charge in [0.25, 0.3) is 5.91 Å². The Morgan fingerprint density at radius 2 is 1.97 bits per heavy atom. The Bertz CT molecular complexity index is 1030. The number of nitrogens with one attached hydrogen (secondary N) is 1. The number of fused-ring (bicyclic) bond motifs is 1. The van der Waals surface area contributed by atoms with Crippen LogP contribution in [0.25, 0.3) is 10.6 Å². The van der Waals surface area contributed by atoms with Gasteiger partial charge in [-0.15, -0.1) is 11.3 Å². The second kappa shape index (κ2) is 8.57. The SMILES string of the molecule is Cc1ccc(-c2nc(C(=O)OCC(=O)N[C@H]3CCCc4ccccc43)cs2)cc1. The van der Waals surface area contributed by atoms with E-state index in [-0.39, 0.29) is 24.2 Å². The lowest BCUT2D eigenvalue weighted by Crippen LogP contribution is -2.34. The number of amides is 1. The largest absolute Gasteiger partial charge is 0.451 e. The Morgan fingerprint density at radius 1 is 1.17 bits per heavy atom. The Hall–Kier alpha value is -2.99. The quantitative estimate of drug-likeness (QED) is 0.635. The number of esters is 1. The smallest absolute Gasteiger partial charge is 0.358 e. The molecule has 148 valence electrons. The lowest BCUT2D eigenvalue weighted by Gasteiger charge is -2.26. The van der Waals surface area contributed by atoms with Crippen LogP contribution in [0, 0.1) is 6.92 Å². The maximum atomic E-state index is 12.3. The third kappa shape index (κ3) is 4.54. The summed E-state index contributed by atoms with van der Waals surface area (Å²) >= 11 is 1.38. The molecule has 5 nitrogen and oxygen atoms in total. The molecule has 1 heterocycles. The highest BCUT2D eigenvalue weighted by atomic mass is 32.1. The second-order valence-electron chi connectivity index (χ2n) is 7.19. The number of rotatable bonds is 5. The van der Waals surface area contributed by atoms with E-state index in [0.717, 1.165) is 41.0 Å². The molecule has 1 N–H and O–H groups in total. The highest BCUT2D eigenvalue weighted by Crippen LogP contribution is 2.29. The van der Waals surface area contributed by atoms with Crippen molar-refractivity contribution in [2.24, 2.45) is 0 Å². The predicted octanol–water partition coefficient (Wildman–Crippen LogP) is 4.47. The average Bonchev–Trinajstić information content (AvgIpc) is 3.23. The number of hydrogen-bond acceptors (Lipinski definition) is 5. The van der Waals surface area contributed by atoms with Crippen LogP contribution < -0.4 is 5.32 Å². The van der Waals surface area contributed by atoms with Gasteiger partial charge in [0.15, 0.2) is 12.3 Å². The summed E-state index contributed by atoms with van der Waals surface area (Å²) in [5.74, 6) is -0.882. The van der Waals surface area contributed by atoms with Crippen LogP contribution >= 0.6 is 11.3 Å². The average molecular weight is 407 g/mol. The van der Waals surface area contributed by atoms with Crippen molar-refractivity contribution in [1.82, 2.24) is 10.3 Å². The third-order valence-corrected chi connectivity index (χ3v) is 5.94. The monoisotopic (exact) mass is 406 g/mol. The lowest BCUT2D eigenvalue weighted by atomic mass is 9.88. The number of aromatic nitrogens is 1. The van der Waals surface area contributed by atoms with Gasteiger partial charge >= 0.3 is 5.97 Å². The fourth-order valence-electron chi connectivity index (χ4n) is 3.54. The molecule has 0 radical (unpaired) electrons. The fourth-order valence-corrected chi connectivity index (χ4v) is 4.34. The number of thiazole rings is 1. The van der Waals surface area contributed by atoms with Gasteiger partial charge in [-0.3, -0.25) is 4.79 Å². The zero-order valence-corrected chi connectivity index (χ0v) is 17.0. The first kappa shape index (κ1) is 19.3. The molecule has 6 heteroatoms. The molecule has 0 unspecified atom stereocenters. The molecule has 1 amide bonds. The zero-order valence-electron chi connectivity index (χ0n) is 16.2. The first-order valence-electron chi connectivity index (χ1n) is 9.67. The molecule has 0 spiro atoms. The molecule has 1 aliphatic rings. The van der Waals surface area contributed by atoms with Gasteiger partial charge in [-0.05, 0) is 37.3 Å². The predicted molar refractivity (Wildman–Crippen MR) is 113 cm³/mol. The standard InChI is InChI=1S/C23H22N2O3S/c1-15-9-11-17(12-10-15)22-25-20(14-29-22)23(27)28-13-21(26)24-19-8-4-6-16-5-2-3-7-18(16)19/h2-3,5,7,9-12,14,19H,4,6,8,13H2,1H3,(H,24,26)/t19-/m0/s1. The van der Waals surface area contributed by atoms with E-state index in [1.54, 1.807) is 5.38 Å². The van der Waals surface area contributed by atoms with Crippen LogP contribution in [0.1, 0.15) is 46.1 Å². The molecule has 0 aliphatic heterocycles. The van der Waals surface area contributed by atoms with E-state index in [1.165, 1.54) is 16.9 Å². The van der Waals surface area contributed by atoms with Crippen LogP contribution in [0.2, 0.25) is 0 Å². The molecule has 0 fully saturated rings. The molecule has 1 aliphatic carbocycles. The molecule has 4 rings (SSSR count). The highest BCUT2D eigenvalue weighted by molar-refractivity contribution is 7.13. The molecular weight excluding hydrogens is 384 g/mol. The number of ether oxygens (including phenoxy) is 1. The van der Waals surface area contributed by atoms with Crippen molar-refractivity contribution in [3.8, 4) is 10.6 Å². The molecule has 3 aromatic rings. The normalized spacial score (nSPS) is 15.4. The van der Waals surface area contributed by atoms with Gasteiger partial charge in [0.2, 0.25) is 0 Å². The number of aryl methyl sites for hydroxylation is 2. The summed E-state index contributed by atoms with van der Waals surface area (Å²) in [5, 5.41) is 5.39. The van der Waals surface area contributed by atoms with Gasteiger partial charge in [-0.1, -0.05) is 54.1 Å². The minimum absolute atomic E-state index is 0.0291. The molecule has 0 saturated carbocycles. The molecule has 1 atom stereocenters. The van der Waals surface area contributed by atoms with Crippen LogP contribution in [-0.2, 0) is 16.0 Å². The van der Waals surface area contributed by atoms with Crippen molar-refractivity contribution in [3.63, 3.8) is 0 Å². The van der Waals surface area contributed by atoms with E-state index in [1.807, 2.05) is 49.4 Å². The van der Waals surface area contributed by atoms with Crippen molar-refractivity contribution in [1.29, 1.82) is 0 Å². The number of carbonyl (C=O) groups is 2. The van der Waals surface area contributed by atoms with E-state index in [2.05, 4.69) is 16.4 Å². The van der Waals surface area contributed by atoms with Crippen molar-refractivity contribution in [2.45, 2.75) is 32.2 Å². The van der Waals surface area contributed by atoms with E-state index in [0.29, 0.717) is 0 Å². The summed E-state index contributed by atoms with van der Waals surface area (Å²) in [5.41, 5.74) is 4.76. The zero-order chi connectivity index (χ0) is 20.2. The highest BCUT2D eigenvalue weighted by Gasteiger charge is 2.22. The summed E-state index contributed by atoms with van der Waals surface area (Å²) < 4.78 is 5.18. The van der Waals surface area contributed by atoms with Crippen LogP contribution in [0.4, 0.5) is 0 Å². The van der Waals surface area contributed by atoms with Crippen molar-refractivity contribution in [3.05, 3.63) is 76.3 Å². The van der Waals surface area contributed by atoms with Gasteiger partial charge in [0, 0.05) is 10.9 Å². The number of benzene rings is 2. The number of carbonyl (C=O) groups excluding carboxylic acids is 2. The summed E-state index contributed by atoms with van der Waals surface area (Å²) in [6.45, 7) is 1.71. The number of nitrogens with zero attached hydrogens (tertiary/aromatic N) is 1. The molecule has 1 aromatic heterocycles. The van der Waals surface area contributed by atoms with Gasteiger partial charge in [-0.25, -0.2) is 9.78 Å². The molecule has 2 aromatic carbocycles. The van der Waals surface area contributed by atoms with Crippen LogP contribution in [0.15, 0.2) is 53.9 Å². The van der Waals surface area contributed by atoms with Crippen LogP contribution in [-0.4, -0.2) is 23.5 Å². The maximum Gasteiger partial charge on any atom is 0.358 e. The Balaban J connectivity index is 1.33. The third-order valence-electron chi connectivity index (χ3n) is 5.05. The van der Waals surface area contributed by atoms with E-state index in [9.17, 15) is 9.59 Å². The molecule has 0 saturated heterocycles. The summed E-state index contributed by atoms with van der Waals surface area (Å²) in [7, 11) is 0. The van der Waals surface area contributed by atoms with Gasteiger partial charge in [0.1, 0.15) is 5.01 Å². The Labute approximate surface area is 173 Å². The lowest BCUT2D eigenvalue weighted by molar-refractivity contribution is -0.125. The number of hydrogen-bond donors (Lipinski definition) is 1. The van der Waals surface area contributed by atoms with E-state index < -0.39 is 5.97 Å². The molecular formula is C23H22N2O3S. The second-order valence-corrected chi connectivity index (χ2v) is 8.05.